The summed E-state index contributed by atoms with van der Waals surface area (Å²) in [5, 5.41) is 8.56. The van der Waals surface area contributed by atoms with Gasteiger partial charge in [0.05, 0.1) is 5.92 Å². The van der Waals surface area contributed by atoms with Crippen LogP contribution in [-0.2, 0) is 15.0 Å². The zero-order chi connectivity index (χ0) is 10.9. The molecule has 0 radical (unpaired) electrons. The summed E-state index contributed by atoms with van der Waals surface area (Å²) in [6.07, 6.45) is 0. The average Bonchev–Trinajstić information content (AvgIpc) is 1.75. The molecule has 0 atom stereocenters. The zero-order valence-corrected chi connectivity index (χ0v) is 8.91. The van der Waals surface area contributed by atoms with Gasteiger partial charge >= 0.3 is 5.97 Å². The Morgan fingerprint density at radius 1 is 1.50 bits per heavy atom. The third kappa shape index (κ3) is 2.43. The average molecular weight is 222 g/mol. The number of hydrogen-bond acceptors (Lipinski definition) is 3. The summed E-state index contributed by atoms with van der Waals surface area (Å²) in [6, 6.07) is -0.177. The fourth-order valence-electron chi connectivity index (χ4n) is 1.16. The van der Waals surface area contributed by atoms with E-state index in [2.05, 4.69) is 4.72 Å². The number of rotatable bonds is 4. The highest BCUT2D eigenvalue weighted by molar-refractivity contribution is 7.87. The van der Waals surface area contributed by atoms with Crippen molar-refractivity contribution >= 4 is 16.2 Å². The molecule has 0 bridgehead atoms. The van der Waals surface area contributed by atoms with Gasteiger partial charge in [0.1, 0.15) is 0 Å². The van der Waals surface area contributed by atoms with Crippen LogP contribution in [0.1, 0.15) is 13.8 Å². The maximum absolute atomic E-state index is 11.4. The second-order valence-electron chi connectivity index (χ2n) is 3.63. The molecule has 0 amide bonds. The van der Waals surface area contributed by atoms with Crippen LogP contribution in [0.25, 0.3) is 0 Å². The van der Waals surface area contributed by atoms with Crippen molar-refractivity contribution in [1.29, 1.82) is 0 Å². The Bertz CT molecular complexity index is 319. The molecule has 1 saturated heterocycles. The summed E-state index contributed by atoms with van der Waals surface area (Å²) in [5.74, 6) is -1.50. The maximum atomic E-state index is 11.4. The first-order valence-corrected chi connectivity index (χ1v) is 5.77. The molecule has 1 heterocycles. The molecule has 82 valence electrons. The van der Waals surface area contributed by atoms with Gasteiger partial charge in [0.25, 0.3) is 10.2 Å². The van der Waals surface area contributed by atoms with E-state index in [4.69, 9.17) is 5.11 Å². The van der Waals surface area contributed by atoms with Gasteiger partial charge in [0.2, 0.25) is 0 Å². The molecule has 7 heteroatoms. The maximum Gasteiger partial charge on any atom is 0.309 e. The summed E-state index contributed by atoms with van der Waals surface area (Å²) in [7, 11) is -3.47. The highest BCUT2D eigenvalue weighted by atomic mass is 32.2. The Labute approximate surface area is 83.1 Å². The molecular weight excluding hydrogens is 208 g/mol. The van der Waals surface area contributed by atoms with E-state index in [1.165, 1.54) is 0 Å². The molecule has 6 nitrogen and oxygen atoms in total. The van der Waals surface area contributed by atoms with Crippen molar-refractivity contribution in [3.63, 3.8) is 0 Å². The van der Waals surface area contributed by atoms with Gasteiger partial charge in [0.15, 0.2) is 0 Å². The predicted molar refractivity (Wildman–Crippen MR) is 49.9 cm³/mol. The topological polar surface area (TPSA) is 86.7 Å². The molecular formula is C7H14N2O4S. The van der Waals surface area contributed by atoms with Gasteiger partial charge in [-0.1, -0.05) is 0 Å². The van der Waals surface area contributed by atoms with Gasteiger partial charge in [0, 0.05) is 19.1 Å². The van der Waals surface area contributed by atoms with Crippen molar-refractivity contribution in [1.82, 2.24) is 9.03 Å². The lowest BCUT2D eigenvalue weighted by atomic mass is 10.0. The van der Waals surface area contributed by atoms with E-state index >= 15 is 0 Å². The molecule has 0 unspecified atom stereocenters. The molecule has 0 aromatic heterocycles. The fraction of sp³-hybridized carbons (Fsp3) is 0.857. The molecule has 0 spiro atoms. The molecule has 0 saturated carbocycles. The Balaban J connectivity index is 2.50. The number of hydrogen-bond donors (Lipinski definition) is 2. The van der Waals surface area contributed by atoms with Crippen molar-refractivity contribution in [2.24, 2.45) is 5.92 Å². The van der Waals surface area contributed by atoms with Crippen LogP contribution in [0.15, 0.2) is 0 Å². The van der Waals surface area contributed by atoms with Crippen LogP contribution in [0.3, 0.4) is 0 Å². The van der Waals surface area contributed by atoms with Crippen LogP contribution < -0.4 is 4.72 Å². The Morgan fingerprint density at radius 2 is 2.00 bits per heavy atom. The summed E-state index contributed by atoms with van der Waals surface area (Å²) in [4.78, 5) is 10.4. The van der Waals surface area contributed by atoms with Crippen molar-refractivity contribution < 1.29 is 18.3 Å². The summed E-state index contributed by atoms with van der Waals surface area (Å²) in [5.41, 5.74) is 0. The van der Waals surface area contributed by atoms with Crippen molar-refractivity contribution in [2.45, 2.75) is 19.9 Å². The number of aliphatic carboxylic acids is 1. The van der Waals surface area contributed by atoms with Crippen molar-refractivity contribution in [3.8, 4) is 0 Å². The molecule has 1 fully saturated rings. The van der Waals surface area contributed by atoms with E-state index in [9.17, 15) is 13.2 Å². The quantitative estimate of drug-likeness (QED) is 0.655. The minimum absolute atomic E-state index is 0.0669. The Morgan fingerprint density at radius 3 is 2.36 bits per heavy atom. The molecule has 1 aliphatic rings. The van der Waals surface area contributed by atoms with Crippen LogP contribution in [0.2, 0.25) is 0 Å². The monoisotopic (exact) mass is 222 g/mol. The SMILES string of the molecule is CC(C)NS(=O)(=O)N1CC(C(=O)O)C1. The first-order chi connectivity index (χ1) is 6.33. The summed E-state index contributed by atoms with van der Waals surface area (Å²) in [6.45, 7) is 3.56. The third-order valence-electron chi connectivity index (χ3n) is 1.92. The Kier molecular flexibility index (Phi) is 3.13. The molecule has 0 aromatic rings. The lowest BCUT2D eigenvalue weighted by molar-refractivity contribution is -0.145. The first-order valence-electron chi connectivity index (χ1n) is 4.33. The van der Waals surface area contributed by atoms with Crippen molar-refractivity contribution in [3.05, 3.63) is 0 Å². The summed E-state index contributed by atoms with van der Waals surface area (Å²) >= 11 is 0. The Hall–Kier alpha value is -0.660. The summed E-state index contributed by atoms with van der Waals surface area (Å²) < 4.78 is 26.3. The standard InChI is InChI=1S/C7H14N2O4S/c1-5(2)8-14(12,13)9-3-6(4-9)7(10)11/h5-6,8H,3-4H2,1-2H3,(H,10,11). The minimum Gasteiger partial charge on any atom is -0.481 e. The lowest BCUT2D eigenvalue weighted by Crippen LogP contribution is -2.57. The van der Waals surface area contributed by atoms with E-state index in [1.54, 1.807) is 13.8 Å². The van der Waals surface area contributed by atoms with E-state index in [0.717, 1.165) is 4.31 Å². The number of carboxylic acid groups (broad SMARTS) is 1. The van der Waals surface area contributed by atoms with Gasteiger partial charge in [-0.25, -0.2) is 0 Å². The van der Waals surface area contributed by atoms with Crippen LogP contribution >= 0.6 is 0 Å². The molecule has 2 N–H and O–H groups in total. The highest BCUT2D eigenvalue weighted by Crippen LogP contribution is 2.18. The number of carboxylic acids is 1. The second kappa shape index (κ2) is 3.84. The third-order valence-corrected chi connectivity index (χ3v) is 3.67. The van der Waals surface area contributed by atoms with Crippen LogP contribution in [-0.4, -0.2) is 42.9 Å². The van der Waals surface area contributed by atoms with Gasteiger partial charge < -0.3 is 5.11 Å². The van der Waals surface area contributed by atoms with Crippen LogP contribution in [0.5, 0.6) is 0 Å². The molecule has 0 aliphatic carbocycles. The van der Waals surface area contributed by atoms with E-state index < -0.39 is 22.1 Å². The van der Waals surface area contributed by atoms with E-state index in [0.29, 0.717) is 0 Å². The van der Waals surface area contributed by atoms with E-state index in [1.807, 2.05) is 0 Å². The number of nitrogens with one attached hydrogen (secondary N) is 1. The highest BCUT2D eigenvalue weighted by Gasteiger charge is 2.39. The lowest BCUT2D eigenvalue weighted by Gasteiger charge is -2.35. The second-order valence-corrected chi connectivity index (χ2v) is 5.33. The normalized spacial score (nSPS) is 19.6. The first kappa shape index (κ1) is 11.4. The van der Waals surface area contributed by atoms with Gasteiger partial charge in [-0.15, -0.1) is 0 Å². The minimum atomic E-state index is -3.47. The zero-order valence-electron chi connectivity index (χ0n) is 8.10. The van der Waals surface area contributed by atoms with Gasteiger partial charge in [-0.3, -0.25) is 4.79 Å². The number of carbonyl (C=O) groups is 1. The van der Waals surface area contributed by atoms with Crippen LogP contribution in [0.4, 0.5) is 0 Å². The van der Waals surface area contributed by atoms with Gasteiger partial charge in [-0.2, -0.15) is 17.4 Å². The molecule has 1 rings (SSSR count). The largest absolute Gasteiger partial charge is 0.481 e. The molecule has 14 heavy (non-hydrogen) atoms. The van der Waals surface area contributed by atoms with Crippen molar-refractivity contribution in [2.75, 3.05) is 13.1 Å². The number of nitrogens with zero attached hydrogens (tertiary/aromatic N) is 1. The van der Waals surface area contributed by atoms with E-state index in [-0.39, 0.29) is 19.1 Å². The van der Waals surface area contributed by atoms with Gasteiger partial charge in [-0.05, 0) is 13.8 Å². The van der Waals surface area contributed by atoms with Crippen LogP contribution in [0, 0.1) is 5.92 Å². The predicted octanol–water partition coefficient (Wildman–Crippen LogP) is -0.754. The smallest absolute Gasteiger partial charge is 0.309 e. The molecule has 0 aromatic carbocycles. The molecule has 1 aliphatic heterocycles. The fourth-order valence-corrected chi connectivity index (χ4v) is 2.66.